The lowest BCUT2D eigenvalue weighted by molar-refractivity contribution is -0.389. The Labute approximate surface area is 384 Å². The zero-order valence-corrected chi connectivity index (χ0v) is 36.2. The second kappa shape index (κ2) is 23.8. The van der Waals surface area contributed by atoms with Crippen molar-refractivity contribution in [3.63, 3.8) is 0 Å². The first-order valence-corrected chi connectivity index (χ1v) is 21.2. The van der Waals surface area contributed by atoms with E-state index in [1.165, 1.54) is 0 Å². The van der Waals surface area contributed by atoms with E-state index < -0.39 is 216 Å². The van der Waals surface area contributed by atoms with Gasteiger partial charge in [-0.1, -0.05) is 0 Å². The van der Waals surface area contributed by atoms with Crippen LogP contribution in [0.4, 0.5) is 0 Å². The van der Waals surface area contributed by atoms with Crippen LogP contribution in [0.5, 0.6) is 0 Å². The number of hydrogen-bond acceptors (Lipinski definition) is 28. The highest BCUT2D eigenvalue weighted by atomic mass is 16.8. The Morgan fingerprint density at radius 2 is 1.03 bits per heavy atom. The number of hydrogen-bond donors (Lipinski definition) is 19. The molecule has 5 aliphatic rings. The number of carboxylic acid groups (broad SMARTS) is 1. The molecule has 5 fully saturated rings. The van der Waals surface area contributed by atoms with Gasteiger partial charge in [-0.3, -0.25) is 9.59 Å². The molecule has 0 spiro atoms. The third kappa shape index (κ3) is 11.8. The zero-order valence-electron chi connectivity index (χ0n) is 36.2. The highest BCUT2D eigenvalue weighted by Gasteiger charge is 2.61. The van der Waals surface area contributed by atoms with Gasteiger partial charge in [-0.25, -0.2) is 4.79 Å². The average Bonchev–Trinajstić information content (AvgIpc) is 3.29. The Balaban J connectivity index is 1.45. The van der Waals surface area contributed by atoms with Crippen LogP contribution in [0.2, 0.25) is 0 Å². The van der Waals surface area contributed by atoms with E-state index in [4.69, 9.17) is 42.6 Å². The molecule has 0 bridgehead atoms. The van der Waals surface area contributed by atoms with Crippen molar-refractivity contribution in [3.8, 4) is 0 Å². The Bertz CT molecular complexity index is 1660. The summed E-state index contributed by atoms with van der Waals surface area (Å²) in [6, 6.07) is -3.51. The second-order valence-electron chi connectivity index (χ2n) is 16.8. The van der Waals surface area contributed by atoms with Gasteiger partial charge in [0.25, 0.3) is 5.79 Å². The van der Waals surface area contributed by atoms with Crippen LogP contribution >= 0.6 is 0 Å². The summed E-state index contributed by atoms with van der Waals surface area (Å²) in [6.07, 6.45) is -47.6. The van der Waals surface area contributed by atoms with E-state index >= 15 is 0 Å². The van der Waals surface area contributed by atoms with Crippen LogP contribution in [0.15, 0.2) is 0 Å². The van der Waals surface area contributed by atoms with Crippen LogP contribution in [0.3, 0.4) is 0 Å². The van der Waals surface area contributed by atoms with E-state index in [-0.39, 0.29) is 0 Å². The molecule has 31 nitrogen and oxygen atoms in total. The molecule has 26 atom stereocenters. The van der Waals surface area contributed by atoms with E-state index in [0.717, 1.165) is 13.8 Å². The summed E-state index contributed by atoms with van der Waals surface area (Å²) < 4.78 is 50.7. The molecule has 0 aromatic carbocycles. The number of rotatable bonds is 18. The summed E-state index contributed by atoms with van der Waals surface area (Å²) in [5.74, 6) is -6.99. The Kier molecular flexibility index (Phi) is 19.7. The van der Waals surface area contributed by atoms with E-state index in [1.807, 2.05) is 0 Å². The zero-order chi connectivity index (χ0) is 50.7. The molecule has 31 heteroatoms. The van der Waals surface area contributed by atoms with Crippen LogP contribution in [0.1, 0.15) is 20.3 Å². The Hall–Kier alpha value is -2.59. The first-order chi connectivity index (χ1) is 32.0. The molecule has 0 unspecified atom stereocenters. The van der Waals surface area contributed by atoms with Gasteiger partial charge in [0.1, 0.15) is 116 Å². The molecule has 0 aromatic rings. The lowest BCUT2D eigenvalue weighted by atomic mass is 9.88. The predicted molar refractivity (Wildman–Crippen MR) is 207 cm³/mol. The molecule has 5 saturated heterocycles. The van der Waals surface area contributed by atoms with Gasteiger partial charge in [0, 0.05) is 20.3 Å². The highest BCUT2D eigenvalue weighted by molar-refractivity contribution is 5.76. The van der Waals surface area contributed by atoms with E-state index in [0.29, 0.717) is 0 Å². The van der Waals surface area contributed by atoms with E-state index in [2.05, 4.69) is 10.6 Å². The van der Waals surface area contributed by atoms with Gasteiger partial charge in [-0.2, -0.15) is 0 Å². The number of aliphatic carboxylic acids is 1. The fourth-order valence-corrected chi connectivity index (χ4v) is 8.53. The quantitative estimate of drug-likeness (QED) is 0.0606. The lowest BCUT2D eigenvalue weighted by Gasteiger charge is -2.51. The van der Waals surface area contributed by atoms with Gasteiger partial charge >= 0.3 is 5.97 Å². The third-order valence-electron chi connectivity index (χ3n) is 12.1. The Morgan fingerprint density at radius 3 is 1.53 bits per heavy atom. The van der Waals surface area contributed by atoms with Gasteiger partial charge in [0.05, 0.1) is 45.2 Å². The van der Waals surface area contributed by atoms with Crippen molar-refractivity contribution in [1.29, 1.82) is 0 Å². The Morgan fingerprint density at radius 1 is 0.574 bits per heavy atom. The minimum atomic E-state index is -3.19. The number of carbonyl (C=O) groups is 3. The van der Waals surface area contributed by atoms with Crippen LogP contribution in [0, 0.1) is 0 Å². The van der Waals surface area contributed by atoms with Gasteiger partial charge in [-0.05, 0) is 0 Å². The number of carboxylic acids is 1. The number of ether oxygens (including phenoxy) is 9. The molecule has 19 N–H and O–H groups in total. The highest BCUT2D eigenvalue weighted by Crippen LogP contribution is 2.39. The van der Waals surface area contributed by atoms with Crippen molar-refractivity contribution in [3.05, 3.63) is 0 Å². The summed E-state index contributed by atoms with van der Waals surface area (Å²) in [6.45, 7) is -3.28. The maximum absolute atomic E-state index is 13.0. The SMILES string of the molecule is CC(=O)N[C@H]1[C@H](O[C@H]2[C@@H](O)[C@@H](CO)O[C@@H](O[C@@H]3[C@@H](O)[C@@H](O)[C@@H](O)O[C@@H]3CO)[C@@H]2O)O[C@H](CO)[C@@H](O)[C@@H]1O[C@@H]1O[C@H](CO)[C@H](O)[C@H](O[C@]2(C(=O)O)C[C@H](O)[C@@H](NC(C)=O)[C@H]([C@H](O)[C@H](O)CO)O2)[C@H]1O. The molecule has 68 heavy (non-hydrogen) atoms. The largest absolute Gasteiger partial charge is 0.477 e. The molecular weight excluding hydrogens is 936 g/mol. The van der Waals surface area contributed by atoms with Crippen LogP contribution in [-0.4, -0.2) is 297 Å². The monoisotopic (exact) mass is 998 g/mol. The maximum atomic E-state index is 13.0. The molecule has 0 aliphatic carbocycles. The minimum Gasteiger partial charge on any atom is -0.477 e. The number of carbonyl (C=O) groups excluding carboxylic acids is 2. The van der Waals surface area contributed by atoms with Crippen molar-refractivity contribution < 1.29 is 144 Å². The summed E-state index contributed by atoms with van der Waals surface area (Å²) in [5.41, 5.74) is 0. The summed E-state index contributed by atoms with van der Waals surface area (Å²) in [5, 5.41) is 185. The molecule has 5 heterocycles. The lowest BCUT2D eigenvalue weighted by Crippen LogP contribution is -2.71. The molecule has 5 aliphatic heterocycles. The predicted octanol–water partition coefficient (Wildman–Crippen LogP) is -12.4. The summed E-state index contributed by atoms with van der Waals surface area (Å²) >= 11 is 0. The second-order valence-corrected chi connectivity index (χ2v) is 16.8. The standard InChI is InChI=1S/C37H62N2O29/c1-9(45)38-17-11(47)3-37(36(58)59,67-29(17)19(49)12(48)4-40)68-31-22(52)15(7-43)63-35(26(31)56)65-28-18(39-10(2)46)33(61-13(5-41)20(28)50)66-30-21(51)14(6-42)62-34(25(30)55)64-27-16(8-44)60-32(57)24(54)23(27)53/h11-35,40-44,47-57H,3-8H2,1-2H3,(H,38,45)(H,39,46)(H,58,59)/t11-,12+,13+,14+,15+,16+,17+,18+,19+,20+,21-,22-,23-,24+,25+,26+,27-,28+,29+,30-,31-,32-,33-,34-,35-,37-/m0/s1. The summed E-state index contributed by atoms with van der Waals surface area (Å²) in [7, 11) is 0. The van der Waals surface area contributed by atoms with E-state index in [1.54, 1.807) is 0 Å². The molecular formula is C37H62N2O29. The fraction of sp³-hybridized carbons (Fsp3) is 0.919. The molecule has 5 rings (SSSR count). The smallest absolute Gasteiger partial charge is 0.364 e. The normalized spacial score (nSPS) is 46.6. The molecule has 0 aromatic heterocycles. The van der Waals surface area contributed by atoms with Crippen molar-refractivity contribution in [1.82, 2.24) is 10.6 Å². The molecule has 394 valence electrons. The molecule has 2 amide bonds. The van der Waals surface area contributed by atoms with Crippen molar-refractivity contribution >= 4 is 17.8 Å². The number of aliphatic hydroxyl groups is 16. The molecule has 0 saturated carbocycles. The van der Waals surface area contributed by atoms with Crippen molar-refractivity contribution in [2.75, 3.05) is 33.0 Å². The average molecular weight is 999 g/mol. The maximum Gasteiger partial charge on any atom is 0.364 e. The number of nitrogens with one attached hydrogen (secondary N) is 2. The topological polar surface area (TPSA) is 502 Å². The summed E-state index contributed by atoms with van der Waals surface area (Å²) in [4.78, 5) is 37.7. The third-order valence-corrected chi connectivity index (χ3v) is 12.1. The minimum absolute atomic E-state index is 0.818. The first kappa shape index (κ1) is 56.3. The van der Waals surface area contributed by atoms with Crippen LogP contribution in [0.25, 0.3) is 0 Å². The van der Waals surface area contributed by atoms with Gasteiger partial charge in [0.2, 0.25) is 11.8 Å². The van der Waals surface area contributed by atoms with Crippen LogP contribution in [-0.2, 0) is 57.0 Å². The van der Waals surface area contributed by atoms with Gasteiger partial charge < -0.3 is 140 Å². The van der Waals surface area contributed by atoms with Gasteiger partial charge in [-0.15, -0.1) is 0 Å². The van der Waals surface area contributed by atoms with Crippen LogP contribution < -0.4 is 10.6 Å². The van der Waals surface area contributed by atoms with Gasteiger partial charge in [0.15, 0.2) is 25.2 Å². The number of aliphatic hydroxyl groups excluding tert-OH is 16. The van der Waals surface area contributed by atoms with E-state index in [9.17, 15) is 101 Å². The fourth-order valence-electron chi connectivity index (χ4n) is 8.53. The van der Waals surface area contributed by atoms with Crippen molar-refractivity contribution in [2.24, 2.45) is 0 Å². The number of amides is 2. The molecule has 0 radical (unpaired) electrons. The van der Waals surface area contributed by atoms with Crippen molar-refractivity contribution in [2.45, 2.75) is 179 Å². The first-order valence-electron chi connectivity index (χ1n) is 21.2.